The molecule has 0 heterocycles. The second kappa shape index (κ2) is 6.15. The van der Waals surface area contributed by atoms with Gasteiger partial charge in [0.1, 0.15) is 5.75 Å². The molecule has 0 aromatic heterocycles. The SMILES string of the molecule is OCC1(CNCc2ccccc2OC2CCCC2)CC1. The van der Waals surface area contributed by atoms with E-state index in [2.05, 4.69) is 23.5 Å². The van der Waals surface area contributed by atoms with E-state index in [9.17, 15) is 5.11 Å². The molecule has 110 valence electrons. The van der Waals surface area contributed by atoms with E-state index in [1.807, 2.05) is 6.07 Å². The molecule has 0 saturated heterocycles. The first kappa shape index (κ1) is 13.9. The van der Waals surface area contributed by atoms with Crippen LogP contribution in [0.25, 0.3) is 0 Å². The molecule has 3 rings (SSSR count). The number of ether oxygens (including phenoxy) is 1. The zero-order chi connectivity index (χ0) is 13.8. The molecule has 0 amide bonds. The number of aliphatic hydroxyl groups excluding tert-OH is 1. The minimum atomic E-state index is 0.168. The van der Waals surface area contributed by atoms with Crippen molar-refractivity contribution in [3.63, 3.8) is 0 Å². The Kier molecular flexibility index (Phi) is 4.27. The molecular weight excluding hydrogens is 250 g/mol. The molecule has 3 heteroatoms. The highest BCUT2D eigenvalue weighted by atomic mass is 16.5. The van der Waals surface area contributed by atoms with Gasteiger partial charge in [-0.1, -0.05) is 18.2 Å². The third kappa shape index (κ3) is 3.33. The van der Waals surface area contributed by atoms with Gasteiger partial charge in [-0.15, -0.1) is 0 Å². The van der Waals surface area contributed by atoms with Gasteiger partial charge in [-0.25, -0.2) is 0 Å². The van der Waals surface area contributed by atoms with E-state index in [-0.39, 0.29) is 5.41 Å². The number of hydrogen-bond donors (Lipinski definition) is 2. The number of nitrogens with one attached hydrogen (secondary N) is 1. The van der Waals surface area contributed by atoms with Crippen LogP contribution in [0.15, 0.2) is 24.3 Å². The van der Waals surface area contributed by atoms with E-state index in [1.54, 1.807) is 0 Å². The summed E-state index contributed by atoms with van der Waals surface area (Å²) in [5, 5.41) is 12.8. The summed E-state index contributed by atoms with van der Waals surface area (Å²) in [6.45, 7) is 2.03. The van der Waals surface area contributed by atoms with Crippen LogP contribution in [0.3, 0.4) is 0 Å². The normalized spacial score (nSPS) is 21.1. The lowest BCUT2D eigenvalue weighted by atomic mass is 10.1. The van der Waals surface area contributed by atoms with Gasteiger partial charge in [-0.05, 0) is 44.6 Å². The summed E-state index contributed by atoms with van der Waals surface area (Å²) in [4.78, 5) is 0. The number of aliphatic hydroxyl groups is 1. The highest BCUT2D eigenvalue weighted by Gasteiger charge is 2.41. The summed E-state index contributed by atoms with van der Waals surface area (Å²) in [7, 11) is 0. The van der Waals surface area contributed by atoms with E-state index in [1.165, 1.54) is 31.2 Å². The standard InChI is InChI=1S/C17H25NO2/c19-13-17(9-10-17)12-18-11-14-5-1-4-8-16(14)20-15-6-2-3-7-15/h1,4-5,8,15,18-19H,2-3,6-7,9-13H2. The molecule has 0 unspecified atom stereocenters. The van der Waals surface area contributed by atoms with Gasteiger partial charge in [-0.2, -0.15) is 0 Å². The zero-order valence-corrected chi connectivity index (χ0v) is 12.1. The maximum absolute atomic E-state index is 9.33. The van der Waals surface area contributed by atoms with Crippen molar-refractivity contribution in [2.75, 3.05) is 13.2 Å². The predicted octanol–water partition coefficient (Wildman–Crippen LogP) is 2.87. The van der Waals surface area contributed by atoms with Crippen LogP contribution in [0.2, 0.25) is 0 Å². The smallest absolute Gasteiger partial charge is 0.124 e. The van der Waals surface area contributed by atoms with Gasteiger partial charge in [0.05, 0.1) is 6.10 Å². The van der Waals surface area contributed by atoms with E-state index >= 15 is 0 Å². The van der Waals surface area contributed by atoms with Crippen LogP contribution in [-0.4, -0.2) is 24.4 Å². The molecule has 2 aliphatic carbocycles. The lowest BCUT2D eigenvalue weighted by Crippen LogP contribution is -2.26. The number of rotatable bonds is 7. The van der Waals surface area contributed by atoms with Crippen molar-refractivity contribution in [2.45, 2.75) is 51.2 Å². The molecule has 2 N–H and O–H groups in total. The Morgan fingerprint density at radius 3 is 2.65 bits per heavy atom. The quantitative estimate of drug-likeness (QED) is 0.804. The minimum absolute atomic E-state index is 0.168. The molecule has 0 aliphatic heterocycles. The summed E-state index contributed by atoms with van der Waals surface area (Å²) < 4.78 is 6.14. The highest BCUT2D eigenvalue weighted by Crippen LogP contribution is 2.44. The van der Waals surface area contributed by atoms with Gasteiger partial charge in [-0.3, -0.25) is 0 Å². The fraction of sp³-hybridized carbons (Fsp3) is 0.647. The lowest BCUT2D eigenvalue weighted by Gasteiger charge is -2.18. The van der Waals surface area contributed by atoms with Crippen molar-refractivity contribution in [3.8, 4) is 5.75 Å². The van der Waals surface area contributed by atoms with Crippen LogP contribution < -0.4 is 10.1 Å². The van der Waals surface area contributed by atoms with Gasteiger partial charge < -0.3 is 15.2 Å². The van der Waals surface area contributed by atoms with Crippen molar-refractivity contribution in [1.29, 1.82) is 0 Å². The van der Waals surface area contributed by atoms with Crippen LogP contribution in [-0.2, 0) is 6.54 Å². The molecule has 2 aliphatic rings. The van der Waals surface area contributed by atoms with E-state index < -0.39 is 0 Å². The molecule has 2 fully saturated rings. The van der Waals surface area contributed by atoms with Gasteiger partial charge in [0.25, 0.3) is 0 Å². The largest absolute Gasteiger partial charge is 0.490 e. The first-order chi connectivity index (χ1) is 9.81. The summed E-state index contributed by atoms with van der Waals surface area (Å²) in [6.07, 6.45) is 7.68. The molecule has 0 radical (unpaired) electrons. The molecule has 0 bridgehead atoms. The van der Waals surface area contributed by atoms with Crippen LogP contribution in [0, 0.1) is 5.41 Å². The highest BCUT2D eigenvalue weighted by molar-refractivity contribution is 5.33. The molecule has 20 heavy (non-hydrogen) atoms. The number of benzene rings is 1. The van der Waals surface area contributed by atoms with Crippen molar-refractivity contribution in [2.24, 2.45) is 5.41 Å². The van der Waals surface area contributed by atoms with Crippen molar-refractivity contribution in [3.05, 3.63) is 29.8 Å². The maximum atomic E-state index is 9.33. The van der Waals surface area contributed by atoms with Crippen LogP contribution in [0.5, 0.6) is 5.75 Å². The Bertz CT molecular complexity index is 436. The van der Waals surface area contributed by atoms with E-state index in [0.717, 1.165) is 31.7 Å². The Labute approximate surface area is 121 Å². The average molecular weight is 275 g/mol. The lowest BCUT2D eigenvalue weighted by molar-refractivity contribution is 0.203. The second-order valence-electron chi connectivity index (χ2n) is 6.39. The Balaban J connectivity index is 1.55. The van der Waals surface area contributed by atoms with Gasteiger partial charge >= 0.3 is 0 Å². The molecule has 0 atom stereocenters. The minimum Gasteiger partial charge on any atom is -0.490 e. The fourth-order valence-electron chi connectivity index (χ4n) is 2.98. The second-order valence-corrected chi connectivity index (χ2v) is 6.39. The van der Waals surface area contributed by atoms with Crippen LogP contribution in [0.4, 0.5) is 0 Å². The molecule has 1 aromatic carbocycles. The molecule has 2 saturated carbocycles. The van der Waals surface area contributed by atoms with Crippen LogP contribution in [0.1, 0.15) is 44.1 Å². The summed E-state index contributed by atoms with van der Waals surface area (Å²) in [5.74, 6) is 1.03. The average Bonchev–Trinajstić information content (AvgIpc) is 3.08. The number of para-hydroxylation sites is 1. The first-order valence-electron chi connectivity index (χ1n) is 7.87. The summed E-state index contributed by atoms with van der Waals surface area (Å²) in [5.41, 5.74) is 1.40. The van der Waals surface area contributed by atoms with Gasteiger partial charge in [0.15, 0.2) is 0 Å². The van der Waals surface area contributed by atoms with Crippen LogP contribution >= 0.6 is 0 Å². The fourth-order valence-corrected chi connectivity index (χ4v) is 2.98. The predicted molar refractivity (Wildman–Crippen MR) is 79.8 cm³/mol. The first-order valence-corrected chi connectivity index (χ1v) is 7.87. The zero-order valence-electron chi connectivity index (χ0n) is 12.1. The summed E-state index contributed by atoms with van der Waals surface area (Å²) >= 11 is 0. The monoisotopic (exact) mass is 275 g/mol. The molecule has 1 aromatic rings. The molecule has 3 nitrogen and oxygen atoms in total. The third-order valence-corrected chi connectivity index (χ3v) is 4.68. The van der Waals surface area contributed by atoms with Gasteiger partial charge in [0, 0.05) is 30.7 Å². The Morgan fingerprint density at radius 1 is 1.20 bits per heavy atom. The Morgan fingerprint density at radius 2 is 1.95 bits per heavy atom. The third-order valence-electron chi connectivity index (χ3n) is 4.68. The Hall–Kier alpha value is -1.06. The van der Waals surface area contributed by atoms with Crippen molar-refractivity contribution >= 4 is 0 Å². The van der Waals surface area contributed by atoms with Crippen molar-refractivity contribution in [1.82, 2.24) is 5.32 Å². The number of hydrogen-bond acceptors (Lipinski definition) is 3. The van der Waals surface area contributed by atoms with E-state index in [0.29, 0.717) is 12.7 Å². The van der Waals surface area contributed by atoms with Crippen molar-refractivity contribution < 1.29 is 9.84 Å². The topological polar surface area (TPSA) is 41.5 Å². The van der Waals surface area contributed by atoms with Gasteiger partial charge in [0.2, 0.25) is 0 Å². The van der Waals surface area contributed by atoms with E-state index in [4.69, 9.17) is 4.74 Å². The molecular formula is C17H25NO2. The molecule has 0 spiro atoms. The summed E-state index contributed by atoms with van der Waals surface area (Å²) in [6, 6.07) is 8.32. The maximum Gasteiger partial charge on any atom is 0.124 e.